The summed E-state index contributed by atoms with van der Waals surface area (Å²) in [7, 11) is -3.91. The molecule has 0 aliphatic heterocycles. The number of halogens is 1. The molecular formula is C12H15BrN4O2S. The van der Waals surface area contributed by atoms with Crippen LogP contribution in [-0.2, 0) is 10.0 Å². The molecular weight excluding hydrogens is 344 g/mol. The Balaban J connectivity index is 2.73. The molecule has 0 spiro atoms. The first-order valence-electron chi connectivity index (χ1n) is 5.96. The zero-order valence-electron chi connectivity index (χ0n) is 11.3. The van der Waals surface area contributed by atoms with Gasteiger partial charge in [-0.05, 0) is 44.5 Å². The third-order valence-corrected chi connectivity index (χ3v) is 4.15. The summed E-state index contributed by atoms with van der Waals surface area (Å²) >= 11 is 3.39. The van der Waals surface area contributed by atoms with Gasteiger partial charge in [-0.3, -0.25) is 4.57 Å². The Hall–Kier alpha value is -1.25. The number of aromatic nitrogens is 3. The lowest BCUT2D eigenvalue weighted by Gasteiger charge is -2.14. The maximum Gasteiger partial charge on any atom is 0.273 e. The molecule has 1 aromatic carbocycles. The molecule has 0 bridgehead atoms. The number of rotatable bonds is 3. The minimum Gasteiger partial charge on any atom is -0.294 e. The minimum atomic E-state index is -3.91. The standard InChI is InChI=1S/C12H15BrN4O2S/c1-7(2)17-11(15-16-12(17)20(14,18)19)10-5-4-9(13)6-8(10)3/h4-7H,1-3H3,(H2,14,18,19). The maximum absolute atomic E-state index is 11.6. The van der Waals surface area contributed by atoms with E-state index in [9.17, 15) is 8.42 Å². The van der Waals surface area contributed by atoms with E-state index < -0.39 is 10.0 Å². The summed E-state index contributed by atoms with van der Waals surface area (Å²) in [6, 6.07) is 5.55. The van der Waals surface area contributed by atoms with Crippen LogP contribution in [0.2, 0.25) is 0 Å². The molecule has 2 N–H and O–H groups in total. The summed E-state index contributed by atoms with van der Waals surface area (Å²) in [5.41, 5.74) is 1.79. The van der Waals surface area contributed by atoms with Crippen molar-refractivity contribution in [1.82, 2.24) is 14.8 Å². The van der Waals surface area contributed by atoms with Crippen molar-refractivity contribution in [3.63, 3.8) is 0 Å². The van der Waals surface area contributed by atoms with Crippen LogP contribution in [0, 0.1) is 6.92 Å². The van der Waals surface area contributed by atoms with Crippen molar-refractivity contribution in [1.29, 1.82) is 0 Å². The predicted molar refractivity (Wildman–Crippen MR) is 79.7 cm³/mol. The largest absolute Gasteiger partial charge is 0.294 e. The van der Waals surface area contributed by atoms with E-state index in [1.54, 1.807) is 0 Å². The molecule has 2 rings (SSSR count). The molecule has 0 atom stereocenters. The Bertz CT molecular complexity index is 753. The molecule has 8 heteroatoms. The highest BCUT2D eigenvalue weighted by molar-refractivity contribution is 9.10. The Labute approximate surface area is 126 Å². The molecule has 1 aromatic heterocycles. The molecule has 1 heterocycles. The summed E-state index contributed by atoms with van der Waals surface area (Å²) in [4.78, 5) is 0. The fraction of sp³-hybridized carbons (Fsp3) is 0.333. The number of hydrogen-bond donors (Lipinski definition) is 1. The van der Waals surface area contributed by atoms with Crippen molar-refractivity contribution in [2.45, 2.75) is 32.0 Å². The Morgan fingerprint density at radius 2 is 1.95 bits per heavy atom. The zero-order valence-corrected chi connectivity index (χ0v) is 13.7. The first-order valence-corrected chi connectivity index (χ1v) is 8.30. The van der Waals surface area contributed by atoms with Gasteiger partial charge in [-0.25, -0.2) is 13.6 Å². The summed E-state index contributed by atoms with van der Waals surface area (Å²) in [5.74, 6) is 0.494. The van der Waals surface area contributed by atoms with E-state index in [-0.39, 0.29) is 11.2 Å². The number of aryl methyl sites for hydroxylation is 1. The molecule has 0 aliphatic carbocycles. The van der Waals surface area contributed by atoms with Gasteiger partial charge in [0.15, 0.2) is 5.82 Å². The molecule has 2 aromatic rings. The second kappa shape index (κ2) is 5.27. The minimum absolute atomic E-state index is 0.128. The second-order valence-corrected chi connectivity index (χ2v) is 7.15. The van der Waals surface area contributed by atoms with Gasteiger partial charge in [0.1, 0.15) is 0 Å². The highest BCUT2D eigenvalue weighted by Crippen LogP contribution is 2.28. The van der Waals surface area contributed by atoms with E-state index in [4.69, 9.17) is 5.14 Å². The first-order chi connectivity index (χ1) is 9.21. The molecule has 0 aliphatic rings. The molecule has 0 saturated heterocycles. The van der Waals surface area contributed by atoms with E-state index >= 15 is 0 Å². The topological polar surface area (TPSA) is 90.9 Å². The van der Waals surface area contributed by atoms with E-state index in [0.29, 0.717) is 5.82 Å². The van der Waals surface area contributed by atoms with Crippen LogP contribution in [0.15, 0.2) is 27.8 Å². The molecule has 0 amide bonds. The highest BCUT2D eigenvalue weighted by Gasteiger charge is 2.24. The van der Waals surface area contributed by atoms with Gasteiger partial charge in [-0.15, -0.1) is 10.2 Å². The lowest BCUT2D eigenvalue weighted by atomic mass is 10.1. The lowest BCUT2D eigenvalue weighted by molar-refractivity contribution is 0.524. The fourth-order valence-corrected chi connectivity index (χ4v) is 3.20. The van der Waals surface area contributed by atoms with Crippen LogP contribution in [0.3, 0.4) is 0 Å². The quantitative estimate of drug-likeness (QED) is 0.910. The number of sulfonamides is 1. The van der Waals surface area contributed by atoms with Crippen LogP contribution < -0.4 is 5.14 Å². The number of hydrogen-bond acceptors (Lipinski definition) is 4. The molecule has 0 saturated carbocycles. The fourth-order valence-electron chi connectivity index (χ4n) is 2.00. The van der Waals surface area contributed by atoms with E-state index in [0.717, 1.165) is 15.6 Å². The Kier molecular flexibility index (Phi) is 3.99. The van der Waals surface area contributed by atoms with E-state index in [1.165, 1.54) is 4.57 Å². The number of nitrogens with two attached hydrogens (primary N) is 1. The van der Waals surface area contributed by atoms with Gasteiger partial charge in [-0.1, -0.05) is 15.9 Å². The van der Waals surface area contributed by atoms with Gasteiger partial charge in [0.2, 0.25) is 0 Å². The van der Waals surface area contributed by atoms with Crippen LogP contribution in [0.5, 0.6) is 0 Å². The van der Waals surface area contributed by atoms with Crippen molar-refractivity contribution in [2.75, 3.05) is 0 Å². The van der Waals surface area contributed by atoms with Crippen LogP contribution in [0.1, 0.15) is 25.5 Å². The van der Waals surface area contributed by atoms with Gasteiger partial charge in [-0.2, -0.15) is 0 Å². The lowest BCUT2D eigenvalue weighted by Crippen LogP contribution is -2.20. The van der Waals surface area contributed by atoms with Crippen LogP contribution in [-0.4, -0.2) is 23.2 Å². The van der Waals surface area contributed by atoms with Crippen LogP contribution >= 0.6 is 15.9 Å². The zero-order chi connectivity index (χ0) is 15.1. The second-order valence-electron chi connectivity index (χ2n) is 4.77. The normalized spacial score (nSPS) is 12.1. The van der Waals surface area contributed by atoms with Crippen molar-refractivity contribution in [2.24, 2.45) is 5.14 Å². The third kappa shape index (κ3) is 2.77. The van der Waals surface area contributed by atoms with Crippen molar-refractivity contribution in [3.05, 3.63) is 28.2 Å². The van der Waals surface area contributed by atoms with Gasteiger partial charge in [0, 0.05) is 16.1 Å². The average Bonchev–Trinajstić information content (AvgIpc) is 2.72. The summed E-state index contributed by atoms with van der Waals surface area (Å²) in [6.07, 6.45) is 0. The van der Waals surface area contributed by atoms with E-state index in [2.05, 4.69) is 26.1 Å². The SMILES string of the molecule is Cc1cc(Br)ccc1-c1nnc(S(N)(=O)=O)n1C(C)C. The Morgan fingerprint density at radius 3 is 2.45 bits per heavy atom. The first kappa shape index (κ1) is 15.1. The van der Waals surface area contributed by atoms with Gasteiger partial charge in [0.05, 0.1) is 0 Å². The molecule has 108 valence electrons. The van der Waals surface area contributed by atoms with Crippen molar-refractivity contribution >= 4 is 26.0 Å². The molecule has 0 unspecified atom stereocenters. The molecule has 6 nitrogen and oxygen atoms in total. The van der Waals surface area contributed by atoms with Crippen molar-refractivity contribution < 1.29 is 8.42 Å². The van der Waals surface area contributed by atoms with E-state index in [1.807, 2.05) is 39.0 Å². The van der Waals surface area contributed by atoms with Crippen LogP contribution in [0.25, 0.3) is 11.4 Å². The summed E-state index contributed by atoms with van der Waals surface area (Å²) < 4.78 is 25.7. The number of benzene rings is 1. The Morgan fingerprint density at radius 1 is 1.30 bits per heavy atom. The number of nitrogens with zero attached hydrogens (tertiary/aromatic N) is 3. The smallest absolute Gasteiger partial charge is 0.273 e. The van der Waals surface area contributed by atoms with Gasteiger partial charge >= 0.3 is 0 Å². The van der Waals surface area contributed by atoms with Gasteiger partial charge in [0.25, 0.3) is 15.2 Å². The summed E-state index contributed by atoms with van der Waals surface area (Å²) in [5, 5.41) is 12.7. The van der Waals surface area contributed by atoms with Gasteiger partial charge < -0.3 is 0 Å². The molecule has 20 heavy (non-hydrogen) atoms. The molecule has 0 radical (unpaired) electrons. The third-order valence-electron chi connectivity index (χ3n) is 2.86. The van der Waals surface area contributed by atoms with Crippen LogP contribution in [0.4, 0.5) is 0 Å². The number of primary sulfonamides is 1. The predicted octanol–water partition coefficient (Wildman–Crippen LogP) is 2.24. The van der Waals surface area contributed by atoms with Crippen molar-refractivity contribution in [3.8, 4) is 11.4 Å². The monoisotopic (exact) mass is 358 g/mol. The highest BCUT2D eigenvalue weighted by atomic mass is 79.9. The average molecular weight is 359 g/mol. The maximum atomic E-state index is 11.6. The summed E-state index contributed by atoms with van der Waals surface area (Å²) in [6.45, 7) is 5.64. The molecule has 0 fully saturated rings.